The summed E-state index contributed by atoms with van der Waals surface area (Å²) in [7, 11) is 3.98. The highest BCUT2D eigenvalue weighted by Crippen LogP contribution is 2.24. The number of ether oxygens (including phenoxy) is 1. The van der Waals surface area contributed by atoms with Gasteiger partial charge in [0.05, 0.1) is 0 Å². The Morgan fingerprint density at radius 2 is 1.58 bits per heavy atom. The molecule has 26 heavy (non-hydrogen) atoms. The number of cyclic esters (lactones) is 1. The van der Waals surface area contributed by atoms with Crippen molar-refractivity contribution in [2.75, 3.05) is 19.0 Å². The highest BCUT2D eigenvalue weighted by Gasteiger charge is 2.24. The average Bonchev–Trinajstić information content (AvgIpc) is 2.95. The molecule has 1 aliphatic heterocycles. The maximum Gasteiger partial charge on any atom is 0.363 e. The van der Waals surface area contributed by atoms with E-state index in [0.717, 1.165) is 16.8 Å². The molecule has 0 atom stereocenters. The molecule has 0 aromatic heterocycles. The summed E-state index contributed by atoms with van der Waals surface area (Å²) < 4.78 is 5.35. The van der Waals surface area contributed by atoms with Crippen LogP contribution in [0.1, 0.15) is 37.5 Å². The number of aliphatic imine (C=N–C) groups is 1. The number of nitrogens with zero attached hydrogens (tertiary/aromatic N) is 2. The van der Waals surface area contributed by atoms with Crippen LogP contribution in [0.5, 0.6) is 0 Å². The number of esters is 1. The zero-order valence-electron chi connectivity index (χ0n) is 15.9. The van der Waals surface area contributed by atoms with Crippen LogP contribution in [0.3, 0.4) is 0 Å². The normalized spacial score (nSPS) is 15.8. The molecule has 1 aliphatic rings. The molecule has 0 radical (unpaired) electrons. The second-order valence-corrected chi connectivity index (χ2v) is 7.65. The minimum absolute atomic E-state index is 0.0798. The summed E-state index contributed by atoms with van der Waals surface area (Å²) in [5.41, 5.74) is 4.44. The molecule has 0 bridgehead atoms. The first-order chi connectivity index (χ1) is 12.2. The SMILES string of the molecule is CN(C)c1ccc(/C=C2\N=C(c3ccc(C(C)(C)C)cc3)OC2=O)cc1. The van der Waals surface area contributed by atoms with E-state index in [9.17, 15) is 4.79 Å². The van der Waals surface area contributed by atoms with Crippen molar-refractivity contribution in [2.45, 2.75) is 26.2 Å². The Kier molecular flexibility index (Phi) is 4.68. The monoisotopic (exact) mass is 348 g/mol. The van der Waals surface area contributed by atoms with Crippen LogP contribution in [-0.2, 0) is 14.9 Å². The van der Waals surface area contributed by atoms with Crippen molar-refractivity contribution in [3.8, 4) is 0 Å². The molecule has 2 aromatic rings. The second kappa shape index (κ2) is 6.79. The lowest BCUT2D eigenvalue weighted by molar-refractivity contribution is -0.129. The van der Waals surface area contributed by atoms with Gasteiger partial charge in [0, 0.05) is 25.3 Å². The third-order valence-corrected chi connectivity index (χ3v) is 4.33. The molecule has 4 nitrogen and oxygen atoms in total. The van der Waals surface area contributed by atoms with E-state index in [1.807, 2.05) is 67.5 Å². The van der Waals surface area contributed by atoms with E-state index in [0.29, 0.717) is 11.6 Å². The molecular weight excluding hydrogens is 324 g/mol. The van der Waals surface area contributed by atoms with Gasteiger partial charge in [0.1, 0.15) is 0 Å². The third kappa shape index (κ3) is 3.85. The first kappa shape index (κ1) is 17.9. The molecule has 0 amide bonds. The van der Waals surface area contributed by atoms with Gasteiger partial charge in [0.2, 0.25) is 5.90 Å². The lowest BCUT2D eigenvalue weighted by Gasteiger charge is -2.18. The first-order valence-electron chi connectivity index (χ1n) is 8.65. The van der Waals surface area contributed by atoms with Crippen LogP contribution in [0, 0.1) is 0 Å². The maximum absolute atomic E-state index is 12.2. The molecular formula is C22H24N2O2. The van der Waals surface area contributed by atoms with Crippen LogP contribution in [0.25, 0.3) is 6.08 Å². The standard InChI is InChI=1S/C22H24N2O2/c1-22(2,3)17-10-8-16(9-11-17)20-23-19(21(25)26-20)14-15-6-12-18(13-7-15)24(4)5/h6-14H,1-5H3/b19-14-. The van der Waals surface area contributed by atoms with Crippen molar-refractivity contribution in [3.63, 3.8) is 0 Å². The lowest BCUT2D eigenvalue weighted by Crippen LogP contribution is -2.11. The summed E-state index contributed by atoms with van der Waals surface area (Å²) >= 11 is 0. The van der Waals surface area contributed by atoms with Crippen LogP contribution in [0.15, 0.2) is 59.2 Å². The molecule has 0 fully saturated rings. The molecule has 0 N–H and O–H groups in total. The van der Waals surface area contributed by atoms with E-state index in [1.54, 1.807) is 6.08 Å². The summed E-state index contributed by atoms with van der Waals surface area (Å²) in [6, 6.07) is 15.9. The van der Waals surface area contributed by atoms with Crippen molar-refractivity contribution in [2.24, 2.45) is 4.99 Å². The van der Waals surface area contributed by atoms with E-state index >= 15 is 0 Å². The topological polar surface area (TPSA) is 41.9 Å². The third-order valence-electron chi connectivity index (χ3n) is 4.33. The van der Waals surface area contributed by atoms with Crippen LogP contribution in [0.2, 0.25) is 0 Å². The summed E-state index contributed by atoms with van der Waals surface area (Å²) in [6.45, 7) is 6.49. The van der Waals surface area contributed by atoms with Gasteiger partial charge in [0.15, 0.2) is 5.70 Å². The molecule has 0 saturated carbocycles. The maximum atomic E-state index is 12.2. The van der Waals surface area contributed by atoms with E-state index in [2.05, 4.69) is 25.8 Å². The number of anilines is 1. The predicted molar refractivity (Wildman–Crippen MR) is 107 cm³/mol. The molecule has 2 aromatic carbocycles. The Bertz CT molecular complexity index is 868. The fourth-order valence-electron chi connectivity index (χ4n) is 2.67. The molecule has 134 valence electrons. The molecule has 0 unspecified atom stereocenters. The Morgan fingerprint density at radius 1 is 0.962 bits per heavy atom. The van der Waals surface area contributed by atoms with E-state index in [-0.39, 0.29) is 5.41 Å². The zero-order valence-corrected chi connectivity index (χ0v) is 15.9. The van der Waals surface area contributed by atoms with Gasteiger partial charge in [-0.15, -0.1) is 0 Å². The van der Waals surface area contributed by atoms with Crippen molar-refractivity contribution >= 4 is 23.6 Å². The molecule has 3 rings (SSSR count). The van der Waals surface area contributed by atoms with Gasteiger partial charge in [-0.1, -0.05) is 45.0 Å². The van der Waals surface area contributed by atoms with Gasteiger partial charge in [-0.05, 0) is 46.9 Å². The fourth-order valence-corrected chi connectivity index (χ4v) is 2.67. The summed E-state index contributed by atoms with van der Waals surface area (Å²) in [5.74, 6) is -0.0665. The van der Waals surface area contributed by atoms with Crippen LogP contribution in [0.4, 0.5) is 5.69 Å². The Morgan fingerprint density at radius 3 is 2.12 bits per heavy atom. The van der Waals surface area contributed by atoms with Crippen LogP contribution >= 0.6 is 0 Å². The summed E-state index contributed by atoms with van der Waals surface area (Å²) in [4.78, 5) is 18.6. The van der Waals surface area contributed by atoms with Gasteiger partial charge in [-0.3, -0.25) is 0 Å². The number of benzene rings is 2. The van der Waals surface area contributed by atoms with Crippen LogP contribution in [-0.4, -0.2) is 26.0 Å². The Hall–Kier alpha value is -2.88. The van der Waals surface area contributed by atoms with Crippen molar-refractivity contribution in [3.05, 3.63) is 70.9 Å². The number of hydrogen-bond acceptors (Lipinski definition) is 4. The average molecular weight is 348 g/mol. The number of hydrogen-bond donors (Lipinski definition) is 0. The van der Waals surface area contributed by atoms with Gasteiger partial charge in [-0.2, -0.15) is 0 Å². The molecule has 0 spiro atoms. The highest BCUT2D eigenvalue weighted by molar-refractivity contribution is 6.12. The minimum Gasteiger partial charge on any atom is -0.402 e. The van der Waals surface area contributed by atoms with E-state index < -0.39 is 5.97 Å². The minimum atomic E-state index is -0.420. The Balaban J connectivity index is 1.84. The smallest absolute Gasteiger partial charge is 0.363 e. The molecule has 0 saturated heterocycles. The molecule has 1 heterocycles. The van der Waals surface area contributed by atoms with Crippen molar-refractivity contribution < 1.29 is 9.53 Å². The quantitative estimate of drug-likeness (QED) is 0.610. The van der Waals surface area contributed by atoms with Gasteiger partial charge in [-0.25, -0.2) is 9.79 Å². The van der Waals surface area contributed by atoms with Crippen molar-refractivity contribution in [1.82, 2.24) is 0 Å². The number of carbonyl (C=O) groups excluding carboxylic acids is 1. The van der Waals surface area contributed by atoms with E-state index in [1.165, 1.54) is 5.56 Å². The second-order valence-electron chi connectivity index (χ2n) is 7.65. The summed E-state index contributed by atoms with van der Waals surface area (Å²) in [5, 5.41) is 0. The Labute approximate surface area is 154 Å². The van der Waals surface area contributed by atoms with Crippen LogP contribution < -0.4 is 4.90 Å². The predicted octanol–water partition coefficient (Wildman–Crippen LogP) is 4.39. The zero-order chi connectivity index (χ0) is 18.9. The van der Waals surface area contributed by atoms with Gasteiger partial charge in [0.25, 0.3) is 0 Å². The molecule has 0 aliphatic carbocycles. The highest BCUT2D eigenvalue weighted by atomic mass is 16.6. The van der Waals surface area contributed by atoms with Crippen molar-refractivity contribution in [1.29, 1.82) is 0 Å². The fraction of sp³-hybridized carbons (Fsp3) is 0.273. The number of carbonyl (C=O) groups is 1. The van der Waals surface area contributed by atoms with Gasteiger partial charge < -0.3 is 9.64 Å². The first-order valence-corrected chi connectivity index (χ1v) is 8.65. The summed E-state index contributed by atoms with van der Waals surface area (Å²) in [6.07, 6.45) is 1.75. The van der Waals surface area contributed by atoms with Gasteiger partial charge >= 0.3 is 5.97 Å². The number of rotatable bonds is 3. The largest absolute Gasteiger partial charge is 0.402 e. The lowest BCUT2D eigenvalue weighted by atomic mass is 9.87. The molecule has 4 heteroatoms. The van der Waals surface area contributed by atoms with E-state index in [4.69, 9.17) is 4.74 Å².